The summed E-state index contributed by atoms with van der Waals surface area (Å²) in [7, 11) is 0. The molecule has 0 aliphatic carbocycles. The number of hydrogen-bond donors (Lipinski definition) is 1. The van der Waals surface area contributed by atoms with Gasteiger partial charge in [0.1, 0.15) is 0 Å². The van der Waals surface area contributed by atoms with E-state index >= 15 is 0 Å². The molecule has 2 aliphatic rings. The third kappa shape index (κ3) is 1.55. The van der Waals surface area contributed by atoms with Crippen LogP contribution < -0.4 is 5.32 Å². The fourth-order valence-electron chi connectivity index (χ4n) is 1.87. The fraction of sp³-hybridized carbons (Fsp3) is 1.00. The molecule has 64 valence electrons. The molecule has 0 amide bonds. The van der Waals surface area contributed by atoms with Crippen LogP contribution in [0.5, 0.6) is 0 Å². The number of nitrogens with zero attached hydrogens (tertiary/aromatic N) is 1. The van der Waals surface area contributed by atoms with E-state index in [1.54, 1.807) is 0 Å². The largest absolute Gasteiger partial charge is 0.378 e. The Balaban J connectivity index is 1.93. The minimum absolute atomic E-state index is 0.639. The summed E-state index contributed by atoms with van der Waals surface area (Å²) < 4.78 is 5.39. The van der Waals surface area contributed by atoms with Gasteiger partial charge in [0, 0.05) is 31.7 Å². The van der Waals surface area contributed by atoms with Gasteiger partial charge in [0.25, 0.3) is 0 Å². The molecule has 2 rings (SSSR count). The summed E-state index contributed by atoms with van der Waals surface area (Å²) in [5, 5.41) is 3.46. The van der Waals surface area contributed by atoms with Gasteiger partial charge >= 0.3 is 0 Å². The molecule has 0 saturated carbocycles. The summed E-state index contributed by atoms with van der Waals surface area (Å²) in [5.41, 5.74) is 0. The van der Waals surface area contributed by atoms with Crippen molar-refractivity contribution in [2.45, 2.75) is 19.0 Å². The highest BCUT2D eigenvalue weighted by Crippen LogP contribution is 2.10. The minimum Gasteiger partial charge on any atom is -0.378 e. The van der Waals surface area contributed by atoms with Crippen LogP contribution in [0.25, 0.3) is 0 Å². The molecular weight excluding hydrogens is 140 g/mol. The monoisotopic (exact) mass is 156 g/mol. The lowest BCUT2D eigenvalue weighted by Gasteiger charge is -2.41. The van der Waals surface area contributed by atoms with Crippen LogP contribution in [0.15, 0.2) is 0 Å². The van der Waals surface area contributed by atoms with Gasteiger partial charge in [0.05, 0.1) is 13.2 Å². The van der Waals surface area contributed by atoms with Gasteiger partial charge in [-0.1, -0.05) is 0 Å². The quantitative estimate of drug-likeness (QED) is 0.520. The maximum absolute atomic E-state index is 5.39. The summed E-state index contributed by atoms with van der Waals surface area (Å²) in [6.45, 7) is 7.49. The van der Waals surface area contributed by atoms with Crippen molar-refractivity contribution in [2.24, 2.45) is 0 Å². The van der Waals surface area contributed by atoms with Crippen LogP contribution in [-0.4, -0.2) is 49.8 Å². The Morgan fingerprint density at radius 2 is 2.45 bits per heavy atom. The predicted octanol–water partition coefficient (Wildman–Crippen LogP) is -0.321. The van der Waals surface area contributed by atoms with Crippen LogP contribution in [0.1, 0.15) is 6.92 Å². The Kier molecular flexibility index (Phi) is 2.11. The average molecular weight is 156 g/mol. The van der Waals surface area contributed by atoms with E-state index in [0.29, 0.717) is 12.1 Å². The Hall–Kier alpha value is -0.120. The fourth-order valence-corrected chi connectivity index (χ4v) is 1.87. The maximum Gasteiger partial charge on any atom is 0.0634 e. The summed E-state index contributed by atoms with van der Waals surface area (Å²) in [6.07, 6.45) is 0. The van der Waals surface area contributed by atoms with Crippen molar-refractivity contribution in [1.29, 1.82) is 0 Å². The molecule has 2 fully saturated rings. The van der Waals surface area contributed by atoms with Gasteiger partial charge < -0.3 is 10.1 Å². The minimum atomic E-state index is 0.639. The Bertz CT molecular complexity index is 140. The molecule has 2 atom stereocenters. The van der Waals surface area contributed by atoms with Gasteiger partial charge in [-0.25, -0.2) is 0 Å². The van der Waals surface area contributed by atoms with Crippen LogP contribution in [0, 0.1) is 0 Å². The number of ether oxygens (including phenoxy) is 1. The normalized spacial score (nSPS) is 40.1. The van der Waals surface area contributed by atoms with Gasteiger partial charge in [-0.3, -0.25) is 4.90 Å². The second kappa shape index (κ2) is 3.09. The molecule has 0 radical (unpaired) electrons. The van der Waals surface area contributed by atoms with E-state index in [9.17, 15) is 0 Å². The van der Waals surface area contributed by atoms with E-state index in [4.69, 9.17) is 4.74 Å². The zero-order valence-electron chi connectivity index (χ0n) is 7.05. The molecule has 0 bridgehead atoms. The number of morpholine rings is 1. The third-order valence-corrected chi connectivity index (χ3v) is 2.56. The molecule has 3 nitrogen and oxygen atoms in total. The summed E-state index contributed by atoms with van der Waals surface area (Å²) in [6, 6.07) is 1.30. The molecule has 2 heterocycles. The first-order valence-corrected chi connectivity index (χ1v) is 4.41. The van der Waals surface area contributed by atoms with Crippen LogP contribution in [0.2, 0.25) is 0 Å². The first-order chi connectivity index (χ1) is 5.36. The van der Waals surface area contributed by atoms with Crippen LogP contribution in [-0.2, 0) is 4.74 Å². The Labute approximate surface area is 67.7 Å². The van der Waals surface area contributed by atoms with Gasteiger partial charge in [0.2, 0.25) is 0 Å². The van der Waals surface area contributed by atoms with Gasteiger partial charge in [-0.15, -0.1) is 0 Å². The van der Waals surface area contributed by atoms with E-state index in [2.05, 4.69) is 17.1 Å². The Morgan fingerprint density at radius 3 is 3.36 bits per heavy atom. The first-order valence-electron chi connectivity index (χ1n) is 4.41. The smallest absolute Gasteiger partial charge is 0.0634 e. The first kappa shape index (κ1) is 7.53. The van der Waals surface area contributed by atoms with Gasteiger partial charge in [-0.2, -0.15) is 0 Å². The number of hydrogen-bond acceptors (Lipinski definition) is 3. The van der Waals surface area contributed by atoms with Gasteiger partial charge in [0.15, 0.2) is 0 Å². The number of nitrogens with one attached hydrogen (secondary N) is 1. The molecule has 1 N–H and O–H groups in total. The van der Waals surface area contributed by atoms with Crippen LogP contribution in [0.4, 0.5) is 0 Å². The summed E-state index contributed by atoms with van der Waals surface area (Å²) in [4.78, 5) is 2.53. The van der Waals surface area contributed by atoms with Crippen molar-refractivity contribution < 1.29 is 4.74 Å². The molecule has 0 aromatic rings. The molecule has 2 saturated heterocycles. The predicted molar refractivity (Wildman–Crippen MR) is 43.6 cm³/mol. The van der Waals surface area contributed by atoms with Crippen molar-refractivity contribution in [3.8, 4) is 0 Å². The van der Waals surface area contributed by atoms with E-state index in [1.165, 1.54) is 6.54 Å². The second-order valence-corrected chi connectivity index (χ2v) is 3.53. The Morgan fingerprint density at radius 1 is 1.55 bits per heavy atom. The summed E-state index contributed by atoms with van der Waals surface area (Å²) >= 11 is 0. The highest BCUT2D eigenvalue weighted by molar-refractivity contribution is 4.85. The van der Waals surface area contributed by atoms with E-state index < -0.39 is 0 Å². The van der Waals surface area contributed by atoms with E-state index in [0.717, 1.165) is 26.3 Å². The van der Waals surface area contributed by atoms with E-state index in [-0.39, 0.29) is 0 Å². The highest BCUT2D eigenvalue weighted by Gasteiger charge is 2.27. The topological polar surface area (TPSA) is 24.5 Å². The molecule has 2 aliphatic heterocycles. The van der Waals surface area contributed by atoms with Crippen molar-refractivity contribution in [1.82, 2.24) is 10.2 Å². The van der Waals surface area contributed by atoms with E-state index in [1.807, 2.05) is 0 Å². The zero-order chi connectivity index (χ0) is 7.68. The lowest BCUT2D eigenvalue weighted by Crippen LogP contribution is -2.59. The molecule has 1 unspecified atom stereocenters. The number of rotatable bonds is 0. The molecular formula is C8H16N2O. The van der Waals surface area contributed by atoms with Crippen molar-refractivity contribution >= 4 is 0 Å². The standard InChI is InChI=1S/C8H16N2O/c1-7-5-10-2-3-11-6-8(10)4-9-7/h7-9H,2-6H2,1H3/t7?,8-/m1/s1. The average Bonchev–Trinajstić information content (AvgIpc) is 2.04. The SMILES string of the molecule is CC1CN2CCOC[C@H]2CN1. The lowest BCUT2D eigenvalue weighted by molar-refractivity contribution is -0.0244. The summed E-state index contributed by atoms with van der Waals surface area (Å²) in [5.74, 6) is 0. The van der Waals surface area contributed by atoms with Crippen LogP contribution in [0.3, 0.4) is 0 Å². The lowest BCUT2D eigenvalue weighted by atomic mass is 10.1. The third-order valence-electron chi connectivity index (χ3n) is 2.56. The number of fused-ring (bicyclic) bond motifs is 1. The second-order valence-electron chi connectivity index (χ2n) is 3.53. The molecule has 0 aromatic heterocycles. The zero-order valence-corrected chi connectivity index (χ0v) is 7.05. The maximum atomic E-state index is 5.39. The van der Waals surface area contributed by atoms with Crippen LogP contribution >= 0.6 is 0 Å². The van der Waals surface area contributed by atoms with Crippen molar-refractivity contribution in [3.63, 3.8) is 0 Å². The van der Waals surface area contributed by atoms with Crippen molar-refractivity contribution in [3.05, 3.63) is 0 Å². The highest BCUT2D eigenvalue weighted by atomic mass is 16.5. The molecule has 0 spiro atoms. The molecule has 0 aromatic carbocycles. The molecule has 3 heteroatoms. The molecule has 11 heavy (non-hydrogen) atoms. The van der Waals surface area contributed by atoms with Gasteiger partial charge in [-0.05, 0) is 6.92 Å². The van der Waals surface area contributed by atoms with Crippen molar-refractivity contribution in [2.75, 3.05) is 32.8 Å². The number of piperazine rings is 1.